The Morgan fingerprint density at radius 1 is 0.947 bits per heavy atom. The van der Waals surface area contributed by atoms with Crippen LogP contribution in [0.4, 0.5) is 0 Å². The molecule has 1 aromatic carbocycles. The molecule has 0 saturated carbocycles. The molecule has 1 nitrogen and oxygen atoms in total. The molecule has 0 aliphatic heterocycles. The Labute approximate surface area is 146 Å². The lowest BCUT2D eigenvalue weighted by molar-refractivity contribution is 0.197. The zero-order valence-electron chi connectivity index (χ0n) is 9.48. The molecule has 0 spiro atoms. The van der Waals surface area contributed by atoms with Crippen molar-refractivity contribution in [1.82, 2.24) is 0 Å². The van der Waals surface area contributed by atoms with Crippen molar-refractivity contribution >= 4 is 81.2 Å². The van der Waals surface area contributed by atoms with Gasteiger partial charge in [-0.05, 0) is 18.1 Å². The first-order valence-corrected chi connectivity index (χ1v) is 7.67. The minimum atomic E-state index is -2.13. The highest BCUT2D eigenvalue weighted by Gasteiger charge is 2.61. The highest BCUT2D eigenvalue weighted by molar-refractivity contribution is 6.78. The van der Waals surface area contributed by atoms with Gasteiger partial charge in [0.25, 0.3) is 0 Å². The van der Waals surface area contributed by atoms with Crippen LogP contribution in [0.3, 0.4) is 0 Å². The maximum atomic E-state index is 9.73. The SMILES string of the molecule is CC(O)c1ccccc1C(Cl)(Cl)C(Cl)(Cl)C(Cl)(Cl)Cl. The molecule has 8 heteroatoms. The number of alkyl halides is 7. The number of aliphatic hydroxyl groups is 1. The lowest BCUT2D eigenvalue weighted by atomic mass is 9.98. The van der Waals surface area contributed by atoms with Gasteiger partial charge in [0.05, 0.1) is 6.10 Å². The van der Waals surface area contributed by atoms with Crippen molar-refractivity contribution in [3.05, 3.63) is 35.4 Å². The molecule has 0 aliphatic rings. The second-order valence-electron chi connectivity index (χ2n) is 3.91. The van der Waals surface area contributed by atoms with Crippen molar-refractivity contribution in [2.75, 3.05) is 0 Å². The number of hydrogen-bond acceptors (Lipinski definition) is 1. The summed E-state index contributed by atoms with van der Waals surface area (Å²) in [5.41, 5.74) is 0.706. The van der Waals surface area contributed by atoms with Crippen molar-refractivity contribution in [1.29, 1.82) is 0 Å². The van der Waals surface area contributed by atoms with Gasteiger partial charge in [-0.25, -0.2) is 0 Å². The minimum Gasteiger partial charge on any atom is -0.389 e. The van der Waals surface area contributed by atoms with Crippen molar-refractivity contribution in [2.24, 2.45) is 0 Å². The predicted octanol–water partition coefficient (Wildman–Crippen LogP) is 5.91. The minimum absolute atomic E-state index is 0.268. The van der Waals surface area contributed by atoms with E-state index in [1.54, 1.807) is 31.2 Å². The first-order valence-electron chi connectivity index (χ1n) is 5.02. The number of halogens is 7. The second-order valence-corrected chi connectivity index (χ2v) is 8.85. The summed E-state index contributed by atoms with van der Waals surface area (Å²) in [5, 5.41) is 9.73. The van der Waals surface area contributed by atoms with Gasteiger partial charge < -0.3 is 5.11 Å². The summed E-state index contributed by atoms with van der Waals surface area (Å²) in [6, 6.07) is 6.54. The molecule has 1 unspecified atom stereocenters. The van der Waals surface area contributed by atoms with E-state index in [-0.39, 0.29) is 5.56 Å². The molecule has 0 amide bonds. The molecule has 19 heavy (non-hydrogen) atoms. The summed E-state index contributed by atoms with van der Waals surface area (Å²) >= 11 is 41.7. The lowest BCUT2D eigenvalue weighted by Gasteiger charge is -2.39. The van der Waals surface area contributed by atoms with E-state index >= 15 is 0 Å². The summed E-state index contributed by atoms with van der Waals surface area (Å²) < 4.78 is -6.20. The zero-order valence-corrected chi connectivity index (χ0v) is 14.8. The Morgan fingerprint density at radius 3 is 1.84 bits per heavy atom. The lowest BCUT2D eigenvalue weighted by Crippen LogP contribution is -2.45. The summed E-state index contributed by atoms with van der Waals surface area (Å²) in [7, 11) is 0. The van der Waals surface area contributed by atoms with Crippen LogP contribution in [0.2, 0.25) is 0 Å². The molecule has 1 N–H and O–H groups in total. The third kappa shape index (κ3) is 3.52. The Kier molecular flexibility index (Phi) is 5.90. The van der Waals surface area contributed by atoms with E-state index in [4.69, 9.17) is 81.2 Å². The highest BCUT2D eigenvalue weighted by Crippen LogP contribution is 2.61. The third-order valence-corrected chi connectivity index (χ3v) is 6.43. The van der Waals surface area contributed by atoms with Crippen molar-refractivity contribution in [3.8, 4) is 0 Å². The largest absolute Gasteiger partial charge is 0.389 e. The molecule has 0 bridgehead atoms. The van der Waals surface area contributed by atoms with E-state index in [0.29, 0.717) is 5.56 Å². The normalized spacial score (nSPS) is 15.4. The highest BCUT2D eigenvalue weighted by atomic mass is 35.6. The van der Waals surface area contributed by atoms with Crippen molar-refractivity contribution < 1.29 is 5.11 Å². The van der Waals surface area contributed by atoms with Gasteiger partial charge in [0, 0.05) is 0 Å². The van der Waals surface area contributed by atoms with Gasteiger partial charge in [-0.15, -0.1) is 0 Å². The Bertz CT molecular complexity index is 451. The van der Waals surface area contributed by atoms with Gasteiger partial charge in [-0.1, -0.05) is 105 Å². The summed E-state index contributed by atoms with van der Waals surface area (Å²) in [6.45, 7) is 1.54. The average molecular weight is 405 g/mol. The van der Waals surface area contributed by atoms with Gasteiger partial charge in [0.15, 0.2) is 4.33 Å². The number of hydrogen-bond donors (Lipinski definition) is 1. The maximum absolute atomic E-state index is 9.73. The fraction of sp³-hybridized carbons (Fsp3) is 0.455. The quantitative estimate of drug-likeness (QED) is 0.620. The predicted molar refractivity (Wildman–Crippen MR) is 85.2 cm³/mol. The van der Waals surface area contributed by atoms with Crippen LogP contribution >= 0.6 is 81.2 Å². The van der Waals surface area contributed by atoms with Gasteiger partial charge in [-0.3, -0.25) is 0 Å². The Hall–Kier alpha value is 1.21. The Morgan fingerprint density at radius 2 is 1.42 bits per heavy atom. The van der Waals surface area contributed by atoms with Gasteiger partial charge in [-0.2, -0.15) is 0 Å². The van der Waals surface area contributed by atoms with Crippen LogP contribution in [-0.4, -0.2) is 13.2 Å². The van der Waals surface area contributed by atoms with E-state index in [2.05, 4.69) is 0 Å². The van der Waals surface area contributed by atoms with Crippen LogP contribution in [0.5, 0.6) is 0 Å². The van der Waals surface area contributed by atoms with E-state index in [1.165, 1.54) is 0 Å². The topological polar surface area (TPSA) is 20.2 Å². The van der Waals surface area contributed by atoms with Crippen LogP contribution in [-0.2, 0) is 4.33 Å². The summed E-state index contributed by atoms with van der Waals surface area (Å²) in [6.07, 6.45) is -0.840. The fourth-order valence-electron chi connectivity index (χ4n) is 1.49. The molecule has 1 aromatic rings. The molecule has 1 atom stereocenters. The fourth-order valence-corrected chi connectivity index (χ4v) is 3.04. The molecular formula is C11H9Cl7O. The molecule has 108 valence electrons. The first kappa shape index (κ1) is 18.3. The van der Waals surface area contributed by atoms with Gasteiger partial charge in [0.2, 0.25) is 8.13 Å². The number of rotatable bonds is 3. The van der Waals surface area contributed by atoms with Crippen LogP contribution in [0.1, 0.15) is 24.2 Å². The molecular weight excluding hydrogens is 396 g/mol. The molecule has 0 fully saturated rings. The van der Waals surface area contributed by atoms with Crippen molar-refractivity contribution in [3.63, 3.8) is 0 Å². The van der Waals surface area contributed by atoms with Gasteiger partial charge >= 0.3 is 0 Å². The molecule has 0 aliphatic carbocycles. The van der Waals surface area contributed by atoms with Crippen LogP contribution in [0.25, 0.3) is 0 Å². The molecule has 0 radical (unpaired) electrons. The van der Waals surface area contributed by atoms with Crippen LogP contribution < -0.4 is 0 Å². The average Bonchev–Trinajstić information content (AvgIpc) is 2.27. The van der Waals surface area contributed by atoms with E-state index in [1.807, 2.05) is 0 Å². The molecule has 1 rings (SSSR count). The number of aliphatic hydroxyl groups excluding tert-OH is 1. The molecule has 0 aromatic heterocycles. The van der Waals surface area contributed by atoms with Gasteiger partial charge in [0.1, 0.15) is 0 Å². The third-order valence-electron chi connectivity index (χ3n) is 2.50. The second kappa shape index (κ2) is 6.14. The van der Waals surface area contributed by atoms with E-state index in [0.717, 1.165) is 0 Å². The zero-order chi connectivity index (χ0) is 15.1. The van der Waals surface area contributed by atoms with Crippen LogP contribution in [0, 0.1) is 0 Å². The van der Waals surface area contributed by atoms with E-state index < -0.39 is 18.6 Å². The van der Waals surface area contributed by atoms with Crippen LogP contribution in [0.15, 0.2) is 24.3 Å². The standard InChI is InChI=1S/C11H9Cl7O/c1-6(19)7-4-2-3-5-8(7)9(12,13)10(14,15)11(16,17)18/h2-6,19H,1H3. The van der Waals surface area contributed by atoms with Crippen molar-refractivity contribution in [2.45, 2.75) is 25.5 Å². The maximum Gasteiger partial charge on any atom is 0.226 e. The summed E-state index contributed by atoms with van der Waals surface area (Å²) in [4.78, 5) is 0. The Balaban J connectivity index is 3.44. The monoisotopic (exact) mass is 402 g/mol. The first-order chi connectivity index (χ1) is 8.43. The molecule has 0 saturated heterocycles. The number of benzene rings is 1. The van der Waals surface area contributed by atoms with E-state index in [9.17, 15) is 5.11 Å². The smallest absolute Gasteiger partial charge is 0.226 e. The summed E-state index contributed by atoms with van der Waals surface area (Å²) in [5.74, 6) is 0. The molecule has 0 heterocycles.